The summed E-state index contributed by atoms with van der Waals surface area (Å²) >= 11 is 0. The van der Waals surface area contributed by atoms with Gasteiger partial charge >= 0.3 is 0 Å². The van der Waals surface area contributed by atoms with Crippen molar-refractivity contribution in [3.8, 4) is 0 Å². The van der Waals surface area contributed by atoms with Gasteiger partial charge in [0.1, 0.15) is 0 Å². The van der Waals surface area contributed by atoms with Crippen molar-refractivity contribution in [3.63, 3.8) is 0 Å². The standard InChI is InChI=1S/C10H15N/c1-9(2)10-5-4-7-11(3)8-6-10/h4-9H,1-3H3. The first-order valence-electron chi connectivity index (χ1n) is 3.98. The molecule has 1 heteroatoms. The predicted molar refractivity (Wildman–Crippen MR) is 49.0 cm³/mol. The molecular formula is C10H15N. The van der Waals surface area contributed by atoms with E-state index in [1.54, 1.807) is 0 Å². The Morgan fingerprint density at radius 1 is 1.27 bits per heavy atom. The van der Waals surface area contributed by atoms with E-state index in [9.17, 15) is 0 Å². The van der Waals surface area contributed by atoms with Crippen molar-refractivity contribution >= 4 is 0 Å². The van der Waals surface area contributed by atoms with E-state index in [1.165, 1.54) is 5.57 Å². The molecule has 0 unspecified atom stereocenters. The van der Waals surface area contributed by atoms with Gasteiger partial charge in [-0.3, -0.25) is 0 Å². The molecule has 0 radical (unpaired) electrons. The molecule has 1 heterocycles. The Morgan fingerprint density at radius 3 is 2.64 bits per heavy atom. The Bertz CT molecular complexity index is 209. The van der Waals surface area contributed by atoms with Crippen LogP contribution in [0, 0.1) is 5.92 Å². The molecule has 1 rings (SSSR count). The molecule has 0 aliphatic carbocycles. The van der Waals surface area contributed by atoms with Crippen molar-refractivity contribution in [3.05, 3.63) is 36.2 Å². The van der Waals surface area contributed by atoms with Crippen molar-refractivity contribution in [2.75, 3.05) is 7.05 Å². The second-order valence-corrected chi connectivity index (χ2v) is 3.14. The Morgan fingerprint density at radius 2 is 2.00 bits per heavy atom. The first-order valence-corrected chi connectivity index (χ1v) is 3.98. The van der Waals surface area contributed by atoms with Crippen molar-refractivity contribution in [1.82, 2.24) is 4.90 Å². The van der Waals surface area contributed by atoms with E-state index < -0.39 is 0 Å². The average Bonchev–Trinajstić information content (AvgIpc) is 2.13. The lowest BCUT2D eigenvalue weighted by molar-refractivity contribution is 0.626. The van der Waals surface area contributed by atoms with Gasteiger partial charge in [-0.05, 0) is 23.6 Å². The highest BCUT2D eigenvalue weighted by atomic mass is 15.0. The van der Waals surface area contributed by atoms with Crippen LogP contribution in [0.4, 0.5) is 0 Å². The maximum Gasteiger partial charge on any atom is 0.0106 e. The van der Waals surface area contributed by atoms with Crippen LogP contribution < -0.4 is 0 Å². The molecule has 0 spiro atoms. The fourth-order valence-electron chi connectivity index (χ4n) is 0.984. The van der Waals surface area contributed by atoms with E-state index in [2.05, 4.69) is 38.3 Å². The maximum atomic E-state index is 2.20. The molecule has 0 saturated carbocycles. The van der Waals surface area contributed by atoms with Gasteiger partial charge in [0.15, 0.2) is 0 Å². The van der Waals surface area contributed by atoms with Crippen LogP contribution in [0.25, 0.3) is 0 Å². The lowest BCUT2D eigenvalue weighted by atomic mass is 10.0. The molecule has 0 aromatic heterocycles. The SMILES string of the molecule is CC(C)C1=CC=CN(C)C=C1. The maximum absolute atomic E-state index is 2.20. The van der Waals surface area contributed by atoms with Gasteiger partial charge in [-0.1, -0.05) is 19.9 Å². The molecule has 0 amide bonds. The quantitative estimate of drug-likeness (QED) is 0.553. The predicted octanol–water partition coefficient (Wildman–Crippen LogP) is 2.54. The van der Waals surface area contributed by atoms with Crippen LogP contribution in [0.3, 0.4) is 0 Å². The summed E-state index contributed by atoms with van der Waals surface area (Å²) in [5.41, 5.74) is 1.38. The zero-order valence-corrected chi connectivity index (χ0v) is 7.41. The molecule has 1 nitrogen and oxygen atoms in total. The summed E-state index contributed by atoms with van der Waals surface area (Å²) in [6, 6.07) is 0. The number of allylic oxidation sites excluding steroid dienone is 4. The number of rotatable bonds is 1. The van der Waals surface area contributed by atoms with Crippen LogP contribution in [-0.4, -0.2) is 11.9 Å². The number of nitrogens with zero attached hydrogens (tertiary/aromatic N) is 1. The summed E-state index contributed by atoms with van der Waals surface area (Å²) in [7, 11) is 2.03. The zero-order chi connectivity index (χ0) is 8.27. The van der Waals surface area contributed by atoms with Crippen molar-refractivity contribution in [2.45, 2.75) is 13.8 Å². The van der Waals surface area contributed by atoms with Crippen LogP contribution in [0.15, 0.2) is 36.2 Å². The van der Waals surface area contributed by atoms with Crippen LogP contribution in [-0.2, 0) is 0 Å². The lowest BCUT2D eigenvalue weighted by Gasteiger charge is -2.05. The summed E-state index contributed by atoms with van der Waals surface area (Å²) in [6.45, 7) is 4.41. The first kappa shape index (κ1) is 8.12. The molecule has 0 aromatic rings. The van der Waals surface area contributed by atoms with E-state index in [4.69, 9.17) is 0 Å². The molecule has 11 heavy (non-hydrogen) atoms. The largest absolute Gasteiger partial charge is 0.357 e. The van der Waals surface area contributed by atoms with Gasteiger partial charge in [-0.25, -0.2) is 0 Å². The summed E-state index contributed by atoms with van der Waals surface area (Å²) in [6.07, 6.45) is 10.5. The molecule has 0 N–H and O–H groups in total. The first-order chi connectivity index (χ1) is 5.20. The third kappa shape index (κ3) is 2.26. The third-order valence-electron chi connectivity index (χ3n) is 1.78. The van der Waals surface area contributed by atoms with Crippen molar-refractivity contribution < 1.29 is 0 Å². The van der Waals surface area contributed by atoms with Gasteiger partial charge in [0.2, 0.25) is 0 Å². The fourth-order valence-corrected chi connectivity index (χ4v) is 0.984. The van der Waals surface area contributed by atoms with Gasteiger partial charge < -0.3 is 4.90 Å². The van der Waals surface area contributed by atoms with E-state index in [0.717, 1.165) is 0 Å². The van der Waals surface area contributed by atoms with Crippen LogP contribution in [0.2, 0.25) is 0 Å². The normalized spacial score (nSPS) is 17.1. The monoisotopic (exact) mass is 149 g/mol. The minimum Gasteiger partial charge on any atom is -0.357 e. The molecule has 1 aliphatic rings. The highest BCUT2D eigenvalue weighted by Crippen LogP contribution is 2.13. The summed E-state index contributed by atoms with van der Waals surface area (Å²) < 4.78 is 0. The highest BCUT2D eigenvalue weighted by Gasteiger charge is 1.99. The Hall–Kier alpha value is -0.980. The molecular weight excluding hydrogens is 134 g/mol. The molecule has 1 aliphatic heterocycles. The van der Waals surface area contributed by atoms with Crippen LogP contribution in [0.5, 0.6) is 0 Å². The van der Waals surface area contributed by atoms with E-state index in [1.807, 2.05) is 18.1 Å². The molecule has 0 aromatic carbocycles. The number of hydrogen-bond donors (Lipinski definition) is 0. The van der Waals surface area contributed by atoms with Gasteiger partial charge in [0.25, 0.3) is 0 Å². The fraction of sp³-hybridized carbons (Fsp3) is 0.400. The minimum atomic E-state index is 0.613. The second-order valence-electron chi connectivity index (χ2n) is 3.14. The smallest absolute Gasteiger partial charge is 0.0106 e. The Labute approximate surface area is 68.7 Å². The lowest BCUT2D eigenvalue weighted by Crippen LogP contribution is -1.98. The Balaban J connectivity index is 2.76. The van der Waals surface area contributed by atoms with Gasteiger partial charge in [0, 0.05) is 19.4 Å². The topological polar surface area (TPSA) is 3.24 Å². The van der Waals surface area contributed by atoms with Gasteiger partial charge in [-0.2, -0.15) is 0 Å². The van der Waals surface area contributed by atoms with Gasteiger partial charge in [0.05, 0.1) is 0 Å². The Kier molecular flexibility index (Phi) is 2.53. The molecule has 0 saturated heterocycles. The van der Waals surface area contributed by atoms with Gasteiger partial charge in [-0.15, -0.1) is 0 Å². The summed E-state index contributed by atoms with van der Waals surface area (Å²) in [5.74, 6) is 0.613. The summed E-state index contributed by atoms with van der Waals surface area (Å²) in [5, 5.41) is 0. The van der Waals surface area contributed by atoms with Crippen LogP contribution in [0.1, 0.15) is 13.8 Å². The third-order valence-corrected chi connectivity index (χ3v) is 1.78. The van der Waals surface area contributed by atoms with Crippen LogP contribution >= 0.6 is 0 Å². The minimum absolute atomic E-state index is 0.613. The average molecular weight is 149 g/mol. The molecule has 0 bridgehead atoms. The van der Waals surface area contributed by atoms with E-state index >= 15 is 0 Å². The summed E-state index contributed by atoms with van der Waals surface area (Å²) in [4.78, 5) is 2.05. The molecule has 0 fully saturated rings. The second kappa shape index (κ2) is 3.42. The zero-order valence-electron chi connectivity index (χ0n) is 7.41. The highest BCUT2D eigenvalue weighted by molar-refractivity contribution is 5.27. The van der Waals surface area contributed by atoms with Crippen molar-refractivity contribution in [1.29, 1.82) is 0 Å². The van der Waals surface area contributed by atoms with E-state index in [-0.39, 0.29) is 0 Å². The molecule has 0 atom stereocenters. The molecule has 60 valence electrons. The van der Waals surface area contributed by atoms with Crippen molar-refractivity contribution in [2.24, 2.45) is 5.92 Å². The van der Waals surface area contributed by atoms with E-state index in [0.29, 0.717) is 5.92 Å². The number of hydrogen-bond acceptors (Lipinski definition) is 1.